The Balaban J connectivity index is 1.79. The van der Waals surface area contributed by atoms with E-state index in [4.69, 9.17) is 10.3 Å². The number of hydrogen-bond acceptors (Lipinski definition) is 5. The molecule has 1 atom stereocenters. The Morgan fingerprint density at radius 1 is 1.15 bits per heavy atom. The zero-order valence-corrected chi connectivity index (χ0v) is 14.9. The van der Waals surface area contributed by atoms with E-state index in [1.807, 2.05) is 55.5 Å². The van der Waals surface area contributed by atoms with Gasteiger partial charge in [0.1, 0.15) is 0 Å². The molecule has 0 aliphatic rings. The van der Waals surface area contributed by atoms with Crippen LogP contribution in [0.4, 0.5) is 0 Å². The largest absolute Gasteiger partial charge is 0.349 e. The Morgan fingerprint density at radius 2 is 1.85 bits per heavy atom. The molecule has 134 valence electrons. The minimum atomic E-state index is -0.221. The molecule has 6 heteroatoms. The average Bonchev–Trinajstić information content (AvgIpc) is 3.10. The summed E-state index contributed by atoms with van der Waals surface area (Å²) in [6, 6.07) is 15.5. The SMILES string of the molecule is CC(=O)NC(Cc1nc(-c2ccc(CN)cc2)no1)c1ccc(C)cc1. The van der Waals surface area contributed by atoms with Gasteiger partial charge < -0.3 is 15.6 Å². The van der Waals surface area contributed by atoms with E-state index in [0.29, 0.717) is 24.7 Å². The minimum absolute atomic E-state index is 0.104. The maximum atomic E-state index is 11.6. The number of nitrogens with zero attached hydrogens (tertiary/aromatic N) is 2. The van der Waals surface area contributed by atoms with E-state index in [9.17, 15) is 4.79 Å². The first kappa shape index (κ1) is 17.8. The predicted octanol–water partition coefficient (Wildman–Crippen LogP) is 2.92. The van der Waals surface area contributed by atoms with Crippen LogP contribution in [0.3, 0.4) is 0 Å². The van der Waals surface area contributed by atoms with E-state index < -0.39 is 0 Å². The van der Waals surface area contributed by atoms with Crippen LogP contribution in [0.2, 0.25) is 0 Å². The molecule has 0 spiro atoms. The fourth-order valence-electron chi connectivity index (χ4n) is 2.72. The van der Waals surface area contributed by atoms with E-state index in [1.165, 1.54) is 6.92 Å². The van der Waals surface area contributed by atoms with Gasteiger partial charge in [-0.2, -0.15) is 4.98 Å². The normalized spacial score (nSPS) is 12.0. The Labute approximate surface area is 152 Å². The van der Waals surface area contributed by atoms with Crippen LogP contribution in [0.15, 0.2) is 53.1 Å². The van der Waals surface area contributed by atoms with Crippen LogP contribution in [0, 0.1) is 6.92 Å². The summed E-state index contributed by atoms with van der Waals surface area (Å²) in [5.74, 6) is 0.893. The predicted molar refractivity (Wildman–Crippen MR) is 99.1 cm³/mol. The van der Waals surface area contributed by atoms with E-state index >= 15 is 0 Å². The second kappa shape index (κ2) is 7.93. The van der Waals surface area contributed by atoms with Gasteiger partial charge in [0.15, 0.2) is 0 Å². The molecule has 6 nitrogen and oxygen atoms in total. The van der Waals surface area contributed by atoms with Crippen LogP contribution in [0.25, 0.3) is 11.4 Å². The van der Waals surface area contributed by atoms with E-state index in [1.54, 1.807) is 0 Å². The number of carbonyl (C=O) groups is 1. The third kappa shape index (κ3) is 4.34. The van der Waals surface area contributed by atoms with Crippen LogP contribution >= 0.6 is 0 Å². The summed E-state index contributed by atoms with van der Waals surface area (Å²) in [7, 11) is 0. The summed E-state index contributed by atoms with van der Waals surface area (Å²) < 4.78 is 5.40. The molecular weight excluding hydrogens is 328 g/mol. The van der Waals surface area contributed by atoms with Crippen molar-refractivity contribution in [3.8, 4) is 11.4 Å². The number of rotatable bonds is 6. The molecule has 0 fully saturated rings. The zero-order valence-electron chi connectivity index (χ0n) is 14.9. The second-order valence-electron chi connectivity index (χ2n) is 6.28. The second-order valence-corrected chi connectivity index (χ2v) is 6.28. The van der Waals surface area contributed by atoms with Crippen LogP contribution in [-0.4, -0.2) is 16.0 Å². The summed E-state index contributed by atoms with van der Waals surface area (Å²) in [4.78, 5) is 16.0. The van der Waals surface area contributed by atoms with Crippen LogP contribution in [0.1, 0.15) is 35.5 Å². The number of nitrogens with two attached hydrogens (primary N) is 1. The van der Waals surface area contributed by atoms with Gasteiger partial charge in [-0.05, 0) is 18.1 Å². The Morgan fingerprint density at radius 3 is 2.46 bits per heavy atom. The lowest BCUT2D eigenvalue weighted by Crippen LogP contribution is -2.27. The van der Waals surface area contributed by atoms with Crippen molar-refractivity contribution in [3.63, 3.8) is 0 Å². The Kier molecular flexibility index (Phi) is 5.43. The maximum Gasteiger partial charge on any atom is 0.229 e. The standard InChI is InChI=1S/C20H22N4O2/c1-13-3-7-16(8-4-13)18(22-14(2)25)11-19-23-20(24-26-19)17-9-5-15(12-21)6-10-17/h3-10,18H,11-12,21H2,1-2H3,(H,22,25). The molecule has 1 unspecified atom stereocenters. The number of aryl methyl sites for hydroxylation is 1. The number of benzene rings is 2. The third-order valence-electron chi connectivity index (χ3n) is 4.15. The van der Waals surface area contributed by atoms with E-state index in [0.717, 1.165) is 22.3 Å². The smallest absolute Gasteiger partial charge is 0.229 e. The number of amides is 1. The number of nitrogens with one attached hydrogen (secondary N) is 1. The quantitative estimate of drug-likeness (QED) is 0.713. The molecule has 0 aliphatic carbocycles. The van der Waals surface area contributed by atoms with Gasteiger partial charge in [0, 0.05) is 19.0 Å². The monoisotopic (exact) mass is 350 g/mol. The van der Waals surface area contributed by atoms with Crippen molar-refractivity contribution >= 4 is 5.91 Å². The molecule has 3 rings (SSSR count). The van der Waals surface area contributed by atoms with Crippen molar-refractivity contribution in [1.82, 2.24) is 15.5 Å². The van der Waals surface area contributed by atoms with Gasteiger partial charge in [-0.15, -0.1) is 0 Å². The summed E-state index contributed by atoms with van der Waals surface area (Å²) >= 11 is 0. The molecule has 0 saturated carbocycles. The zero-order chi connectivity index (χ0) is 18.5. The van der Waals surface area contributed by atoms with Gasteiger partial charge in [0.2, 0.25) is 17.6 Å². The highest BCUT2D eigenvalue weighted by molar-refractivity contribution is 5.73. The van der Waals surface area contributed by atoms with Gasteiger partial charge in [0.05, 0.1) is 12.5 Å². The summed E-state index contributed by atoms with van der Waals surface area (Å²) in [5.41, 5.74) is 9.69. The fraction of sp³-hybridized carbons (Fsp3) is 0.250. The first-order valence-corrected chi connectivity index (χ1v) is 8.51. The van der Waals surface area contributed by atoms with Crippen LogP contribution in [-0.2, 0) is 17.8 Å². The maximum absolute atomic E-state index is 11.6. The van der Waals surface area contributed by atoms with Gasteiger partial charge in [-0.25, -0.2) is 0 Å². The molecule has 0 aliphatic heterocycles. The topological polar surface area (TPSA) is 94.0 Å². The van der Waals surface area contributed by atoms with Crippen molar-refractivity contribution in [1.29, 1.82) is 0 Å². The Bertz CT molecular complexity index is 870. The van der Waals surface area contributed by atoms with Crippen molar-refractivity contribution < 1.29 is 9.32 Å². The molecule has 1 heterocycles. The molecule has 3 aromatic rings. The molecule has 3 N–H and O–H groups in total. The molecule has 1 aromatic heterocycles. The van der Waals surface area contributed by atoms with Crippen LogP contribution in [0.5, 0.6) is 0 Å². The van der Waals surface area contributed by atoms with Gasteiger partial charge in [-0.1, -0.05) is 59.3 Å². The average molecular weight is 350 g/mol. The molecule has 2 aromatic carbocycles. The molecule has 26 heavy (non-hydrogen) atoms. The number of carbonyl (C=O) groups excluding carboxylic acids is 1. The summed E-state index contributed by atoms with van der Waals surface area (Å²) in [5, 5.41) is 7.00. The highest BCUT2D eigenvalue weighted by Crippen LogP contribution is 2.21. The van der Waals surface area contributed by atoms with Crippen molar-refractivity contribution in [3.05, 3.63) is 71.1 Å². The van der Waals surface area contributed by atoms with Crippen molar-refractivity contribution in [2.24, 2.45) is 5.73 Å². The van der Waals surface area contributed by atoms with Gasteiger partial charge in [0.25, 0.3) is 0 Å². The lowest BCUT2D eigenvalue weighted by Gasteiger charge is -2.16. The third-order valence-corrected chi connectivity index (χ3v) is 4.15. The minimum Gasteiger partial charge on any atom is -0.349 e. The molecule has 0 radical (unpaired) electrons. The molecule has 0 saturated heterocycles. The highest BCUT2D eigenvalue weighted by atomic mass is 16.5. The molecule has 0 bridgehead atoms. The number of hydrogen-bond donors (Lipinski definition) is 2. The van der Waals surface area contributed by atoms with Gasteiger partial charge >= 0.3 is 0 Å². The first-order chi connectivity index (χ1) is 12.5. The van der Waals surface area contributed by atoms with E-state index in [2.05, 4.69) is 15.5 Å². The van der Waals surface area contributed by atoms with Crippen LogP contribution < -0.4 is 11.1 Å². The molecular formula is C20H22N4O2. The summed E-state index contributed by atoms with van der Waals surface area (Å²) in [6.45, 7) is 4.02. The number of aromatic nitrogens is 2. The summed E-state index contributed by atoms with van der Waals surface area (Å²) in [6.07, 6.45) is 0.427. The van der Waals surface area contributed by atoms with Crippen molar-refractivity contribution in [2.75, 3.05) is 0 Å². The Hall–Kier alpha value is -2.99. The van der Waals surface area contributed by atoms with Gasteiger partial charge in [-0.3, -0.25) is 4.79 Å². The molecule has 1 amide bonds. The lowest BCUT2D eigenvalue weighted by molar-refractivity contribution is -0.119. The first-order valence-electron chi connectivity index (χ1n) is 8.51. The lowest BCUT2D eigenvalue weighted by atomic mass is 10.0. The van der Waals surface area contributed by atoms with Crippen molar-refractivity contribution in [2.45, 2.75) is 32.9 Å². The fourth-order valence-corrected chi connectivity index (χ4v) is 2.72. The van der Waals surface area contributed by atoms with E-state index in [-0.39, 0.29) is 11.9 Å². The highest BCUT2D eigenvalue weighted by Gasteiger charge is 2.18.